The molecule has 0 radical (unpaired) electrons. The largest absolute Gasteiger partial charge is 0.294 e. The number of benzene rings is 1. The maximum Gasteiger partial charge on any atom is 0.166 e. The number of nitrogens with zero attached hydrogens (tertiary/aromatic N) is 4. The van der Waals surface area contributed by atoms with E-state index in [1.165, 1.54) is 6.92 Å². The van der Waals surface area contributed by atoms with Crippen molar-refractivity contribution in [3.63, 3.8) is 0 Å². The number of para-hydroxylation sites is 1. The number of ketones is 1. The third-order valence-electron chi connectivity index (χ3n) is 2.72. The zero-order valence-corrected chi connectivity index (χ0v) is 9.74. The zero-order valence-electron chi connectivity index (χ0n) is 9.74. The number of carbonyl (C=O) groups is 1. The highest BCUT2D eigenvalue weighted by molar-refractivity contribution is 5.97. The topological polar surface area (TPSA) is 60.7 Å². The minimum atomic E-state index is -0.0438. The van der Waals surface area contributed by atoms with E-state index in [4.69, 9.17) is 0 Å². The molecule has 0 unspecified atom stereocenters. The smallest absolute Gasteiger partial charge is 0.166 e. The number of Topliss-reactive ketones (excluding diaryl/α,β-unsaturated/α-hetero) is 1. The zero-order chi connectivity index (χ0) is 12.5. The monoisotopic (exact) mass is 238 g/mol. The molecule has 0 spiro atoms. The first-order valence-corrected chi connectivity index (χ1v) is 5.54. The predicted octanol–water partition coefficient (Wildman–Crippen LogP) is 2.02. The highest BCUT2D eigenvalue weighted by atomic mass is 16.1. The Balaban J connectivity index is 2.30. The molecule has 3 rings (SSSR count). The number of rotatable bonds is 2. The van der Waals surface area contributed by atoms with Gasteiger partial charge in [0, 0.05) is 6.20 Å². The van der Waals surface area contributed by atoms with Crippen molar-refractivity contribution in [2.75, 3.05) is 0 Å². The molecule has 0 amide bonds. The molecule has 0 saturated heterocycles. The van der Waals surface area contributed by atoms with Gasteiger partial charge in [-0.15, -0.1) is 5.10 Å². The molecule has 0 atom stereocenters. The highest BCUT2D eigenvalue weighted by Crippen LogP contribution is 2.17. The first-order valence-electron chi connectivity index (χ1n) is 5.54. The second-order valence-corrected chi connectivity index (χ2v) is 3.92. The quantitative estimate of drug-likeness (QED) is 0.641. The van der Waals surface area contributed by atoms with E-state index in [0.29, 0.717) is 11.4 Å². The summed E-state index contributed by atoms with van der Waals surface area (Å²) in [5.41, 5.74) is 2.14. The van der Waals surface area contributed by atoms with E-state index in [9.17, 15) is 4.79 Å². The Morgan fingerprint density at radius 1 is 1.17 bits per heavy atom. The third kappa shape index (κ3) is 1.57. The van der Waals surface area contributed by atoms with Gasteiger partial charge in [0.15, 0.2) is 11.6 Å². The van der Waals surface area contributed by atoms with Crippen molar-refractivity contribution in [1.82, 2.24) is 20.0 Å². The van der Waals surface area contributed by atoms with E-state index in [0.717, 1.165) is 11.0 Å². The van der Waals surface area contributed by atoms with Gasteiger partial charge in [-0.1, -0.05) is 17.3 Å². The van der Waals surface area contributed by atoms with Gasteiger partial charge < -0.3 is 0 Å². The number of carbonyl (C=O) groups excluding carboxylic acids is 1. The van der Waals surface area contributed by atoms with Crippen LogP contribution in [0.15, 0.2) is 42.6 Å². The summed E-state index contributed by atoms with van der Waals surface area (Å²) in [6, 6.07) is 11.0. The van der Waals surface area contributed by atoms with Crippen LogP contribution < -0.4 is 0 Å². The lowest BCUT2D eigenvalue weighted by atomic mass is 10.2. The first-order chi connectivity index (χ1) is 8.77. The average Bonchev–Trinajstić information content (AvgIpc) is 2.82. The minimum Gasteiger partial charge on any atom is -0.294 e. The fourth-order valence-corrected chi connectivity index (χ4v) is 1.87. The standard InChI is InChI=1S/C13H10N4O/c1-9(18)10-5-4-8-14-13(10)17-12-7-3-2-6-11(12)15-16-17/h2-8H,1H3. The molecule has 0 bridgehead atoms. The molecule has 18 heavy (non-hydrogen) atoms. The predicted molar refractivity (Wildman–Crippen MR) is 66.7 cm³/mol. The van der Waals surface area contributed by atoms with Crippen LogP contribution in [-0.2, 0) is 0 Å². The fraction of sp³-hybridized carbons (Fsp3) is 0.0769. The van der Waals surface area contributed by atoms with Crippen LogP contribution >= 0.6 is 0 Å². The summed E-state index contributed by atoms with van der Waals surface area (Å²) >= 11 is 0. The molecule has 0 fully saturated rings. The molecule has 5 nitrogen and oxygen atoms in total. The Kier molecular flexibility index (Phi) is 2.37. The van der Waals surface area contributed by atoms with Crippen molar-refractivity contribution in [3.8, 4) is 5.82 Å². The molecule has 2 heterocycles. The number of aromatic nitrogens is 4. The van der Waals surface area contributed by atoms with Crippen molar-refractivity contribution < 1.29 is 4.79 Å². The maximum absolute atomic E-state index is 11.6. The van der Waals surface area contributed by atoms with Crippen molar-refractivity contribution in [1.29, 1.82) is 0 Å². The van der Waals surface area contributed by atoms with Gasteiger partial charge in [-0.3, -0.25) is 4.79 Å². The summed E-state index contributed by atoms with van der Waals surface area (Å²) in [4.78, 5) is 15.8. The van der Waals surface area contributed by atoms with Gasteiger partial charge in [0.05, 0.1) is 11.1 Å². The molecular weight excluding hydrogens is 228 g/mol. The Morgan fingerprint density at radius 3 is 2.83 bits per heavy atom. The second-order valence-electron chi connectivity index (χ2n) is 3.92. The van der Waals surface area contributed by atoms with Gasteiger partial charge in [0.25, 0.3) is 0 Å². The second kappa shape index (κ2) is 4.03. The van der Waals surface area contributed by atoms with Crippen LogP contribution in [0.4, 0.5) is 0 Å². The van der Waals surface area contributed by atoms with Gasteiger partial charge in [-0.25, -0.2) is 4.98 Å². The van der Waals surface area contributed by atoms with Crippen molar-refractivity contribution >= 4 is 16.8 Å². The van der Waals surface area contributed by atoms with E-state index in [1.54, 1.807) is 23.0 Å². The Morgan fingerprint density at radius 2 is 2.00 bits per heavy atom. The lowest BCUT2D eigenvalue weighted by Gasteiger charge is -2.05. The SMILES string of the molecule is CC(=O)c1cccnc1-n1nnc2ccccc21. The van der Waals surface area contributed by atoms with Crippen molar-refractivity contribution in [2.45, 2.75) is 6.92 Å². The number of hydrogen-bond donors (Lipinski definition) is 0. The Hall–Kier alpha value is -2.56. The van der Waals surface area contributed by atoms with E-state index in [-0.39, 0.29) is 5.78 Å². The average molecular weight is 238 g/mol. The first kappa shape index (κ1) is 10.6. The van der Waals surface area contributed by atoms with E-state index in [2.05, 4.69) is 15.3 Å². The molecule has 0 aliphatic heterocycles. The van der Waals surface area contributed by atoms with Gasteiger partial charge in [-0.2, -0.15) is 4.68 Å². The van der Waals surface area contributed by atoms with Gasteiger partial charge in [-0.05, 0) is 31.2 Å². The lowest BCUT2D eigenvalue weighted by molar-refractivity contribution is 0.101. The molecule has 0 saturated carbocycles. The summed E-state index contributed by atoms with van der Waals surface area (Å²) in [5.74, 6) is 0.469. The molecule has 0 aliphatic rings. The van der Waals surface area contributed by atoms with Crippen molar-refractivity contribution in [2.24, 2.45) is 0 Å². The number of pyridine rings is 1. The maximum atomic E-state index is 11.6. The molecule has 0 N–H and O–H groups in total. The van der Waals surface area contributed by atoms with Crippen molar-refractivity contribution in [3.05, 3.63) is 48.2 Å². The third-order valence-corrected chi connectivity index (χ3v) is 2.72. The molecule has 1 aromatic carbocycles. The van der Waals surface area contributed by atoms with Crippen LogP contribution in [0.3, 0.4) is 0 Å². The minimum absolute atomic E-state index is 0.0438. The van der Waals surface area contributed by atoms with E-state index >= 15 is 0 Å². The lowest BCUT2D eigenvalue weighted by Crippen LogP contribution is -2.07. The summed E-state index contributed by atoms with van der Waals surface area (Å²) in [6.07, 6.45) is 1.64. The molecule has 2 aromatic heterocycles. The summed E-state index contributed by atoms with van der Waals surface area (Å²) in [5, 5.41) is 8.12. The van der Waals surface area contributed by atoms with Crippen LogP contribution in [0.5, 0.6) is 0 Å². The number of fused-ring (bicyclic) bond motifs is 1. The van der Waals surface area contributed by atoms with Gasteiger partial charge >= 0.3 is 0 Å². The summed E-state index contributed by atoms with van der Waals surface area (Å²) in [7, 11) is 0. The summed E-state index contributed by atoms with van der Waals surface area (Å²) < 4.78 is 1.59. The molecule has 0 aliphatic carbocycles. The van der Waals surface area contributed by atoms with Crippen LogP contribution in [0.1, 0.15) is 17.3 Å². The molecule has 3 aromatic rings. The van der Waals surface area contributed by atoms with Crippen LogP contribution in [-0.4, -0.2) is 25.8 Å². The normalized spacial score (nSPS) is 10.7. The Bertz CT molecular complexity index is 732. The van der Waals surface area contributed by atoms with Gasteiger partial charge in [0.2, 0.25) is 0 Å². The van der Waals surface area contributed by atoms with Crippen LogP contribution in [0.2, 0.25) is 0 Å². The van der Waals surface area contributed by atoms with Crippen LogP contribution in [0.25, 0.3) is 16.9 Å². The van der Waals surface area contributed by atoms with Gasteiger partial charge in [0.1, 0.15) is 5.52 Å². The van der Waals surface area contributed by atoms with E-state index in [1.807, 2.05) is 24.3 Å². The fourth-order valence-electron chi connectivity index (χ4n) is 1.87. The van der Waals surface area contributed by atoms with Crippen LogP contribution in [0, 0.1) is 0 Å². The molecule has 88 valence electrons. The number of hydrogen-bond acceptors (Lipinski definition) is 4. The Labute approximate surface area is 103 Å². The van der Waals surface area contributed by atoms with E-state index < -0.39 is 0 Å². The molecular formula is C13H10N4O. The summed E-state index contributed by atoms with van der Waals surface area (Å²) in [6.45, 7) is 1.51. The highest BCUT2D eigenvalue weighted by Gasteiger charge is 2.13. The molecule has 5 heteroatoms.